The smallest absolute Gasteiger partial charge is 0.155 e. The Morgan fingerprint density at radius 3 is 2.47 bits per heavy atom. The highest BCUT2D eigenvalue weighted by atomic mass is 16.1. The molecule has 1 nitrogen and oxygen atoms in total. The molecule has 0 aliphatic carbocycles. The third kappa shape index (κ3) is 6.72. The summed E-state index contributed by atoms with van der Waals surface area (Å²) in [7, 11) is 0. The van der Waals surface area contributed by atoms with Gasteiger partial charge in [-0.1, -0.05) is 69.0 Å². The summed E-state index contributed by atoms with van der Waals surface area (Å²) in [4.78, 5) is 11.6. The van der Waals surface area contributed by atoms with Crippen LogP contribution in [0.4, 0.5) is 0 Å². The number of hydrogen-bond acceptors (Lipinski definition) is 1. The molecule has 0 amide bonds. The highest BCUT2D eigenvalue weighted by Crippen LogP contribution is 2.07. The Hall–Kier alpha value is -1.37. The van der Waals surface area contributed by atoms with Gasteiger partial charge in [0, 0.05) is 6.42 Å². The van der Waals surface area contributed by atoms with Crippen LogP contribution in [-0.4, -0.2) is 5.78 Å². The van der Waals surface area contributed by atoms with E-state index in [4.69, 9.17) is 0 Å². The molecule has 0 aliphatic rings. The quantitative estimate of drug-likeness (QED) is 0.470. The van der Waals surface area contributed by atoms with Gasteiger partial charge in [-0.15, -0.1) is 0 Å². The standard InChI is InChI=1S/C16H22O/c1-2-3-4-5-9-12-16(17)14-13-15-10-7-6-8-11-15/h6-8,10-11,13-14H,2-5,9,12H2,1H3/b14-13+. The molecule has 1 aromatic carbocycles. The van der Waals surface area contributed by atoms with Crippen LogP contribution in [0, 0.1) is 0 Å². The molecule has 0 bridgehead atoms. The summed E-state index contributed by atoms with van der Waals surface area (Å²) in [5.41, 5.74) is 1.09. The van der Waals surface area contributed by atoms with Crippen molar-refractivity contribution in [3.05, 3.63) is 42.0 Å². The Morgan fingerprint density at radius 1 is 1.06 bits per heavy atom. The summed E-state index contributed by atoms with van der Waals surface area (Å²) in [6.07, 6.45) is 10.3. The molecule has 17 heavy (non-hydrogen) atoms. The largest absolute Gasteiger partial charge is 0.295 e. The van der Waals surface area contributed by atoms with Gasteiger partial charge in [0.25, 0.3) is 0 Å². The topological polar surface area (TPSA) is 17.1 Å². The van der Waals surface area contributed by atoms with Crippen LogP contribution in [0.1, 0.15) is 51.0 Å². The monoisotopic (exact) mass is 230 g/mol. The molecule has 0 atom stereocenters. The molecule has 0 radical (unpaired) electrons. The van der Waals surface area contributed by atoms with E-state index in [1.54, 1.807) is 6.08 Å². The lowest BCUT2D eigenvalue weighted by atomic mass is 10.1. The van der Waals surface area contributed by atoms with Crippen LogP contribution in [0.2, 0.25) is 0 Å². The van der Waals surface area contributed by atoms with Crippen LogP contribution in [0.3, 0.4) is 0 Å². The summed E-state index contributed by atoms with van der Waals surface area (Å²) in [5, 5.41) is 0. The van der Waals surface area contributed by atoms with Gasteiger partial charge in [0.05, 0.1) is 0 Å². The highest BCUT2D eigenvalue weighted by molar-refractivity contribution is 5.93. The van der Waals surface area contributed by atoms with Gasteiger partial charge in [0.1, 0.15) is 0 Å². The zero-order valence-corrected chi connectivity index (χ0v) is 10.7. The molecule has 92 valence electrons. The molecule has 0 aromatic heterocycles. The van der Waals surface area contributed by atoms with Crippen molar-refractivity contribution >= 4 is 11.9 Å². The third-order valence-corrected chi connectivity index (χ3v) is 2.79. The molecule has 0 saturated carbocycles. The van der Waals surface area contributed by atoms with Gasteiger partial charge in [-0.05, 0) is 18.1 Å². The molecular weight excluding hydrogens is 208 g/mol. The first-order valence-corrected chi connectivity index (χ1v) is 6.59. The zero-order chi connectivity index (χ0) is 12.3. The fourth-order valence-corrected chi connectivity index (χ4v) is 1.74. The molecular formula is C16H22O. The van der Waals surface area contributed by atoms with Crippen molar-refractivity contribution < 1.29 is 4.79 Å². The minimum atomic E-state index is 0.241. The number of unbranched alkanes of at least 4 members (excludes halogenated alkanes) is 4. The van der Waals surface area contributed by atoms with E-state index in [2.05, 4.69) is 6.92 Å². The maximum atomic E-state index is 11.6. The maximum Gasteiger partial charge on any atom is 0.155 e. The van der Waals surface area contributed by atoms with E-state index >= 15 is 0 Å². The lowest BCUT2D eigenvalue weighted by Crippen LogP contribution is -1.92. The SMILES string of the molecule is CCCCCCCC(=O)/C=C/c1ccccc1. The minimum absolute atomic E-state index is 0.241. The van der Waals surface area contributed by atoms with E-state index in [-0.39, 0.29) is 5.78 Å². The molecule has 1 heteroatoms. The normalized spacial score (nSPS) is 10.9. The molecule has 0 fully saturated rings. The number of hydrogen-bond donors (Lipinski definition) is 0. The van der Waals surface area contributed by atoms with Crippen molar-refractivity contribution in [2.24, 2.45) is 0 Å². The second kappa shape index (κ2) is 8.74. The fraction of sp³-hybridized carbons (Fsp3) is 0.438. The molecule has 0 saturated heterocycles. The maximum absolute atomic E-state index is 11.6. The third-order valence-electron chi connectivity index (χ3n) is 2.79. The summed E-state index contributed by atoms with van der Waals surface area (Å²) >= 11 is 0. The first-order chi connectivity index (χ1) is 8.33. The first-order valence-electron chi connectivity index (χ1n) is 6.59. The molecule has 0 spiro atoms. The zero-order valence-electron chi connectivity index (χ0n) is 10.7. The molecule has 0 heterocycles. The summed E-state index contributed by atoms with van der Waals surface area (Å²) < 4.78 is 0. The fourth-order valence-electron chi connectivity index (χ4n) is 1.74. The number of benzene rings is 1. The number of allylic oxidation sites excluding steroid dienone is 1. The summed E-state index contributed by atoms with van der Waals surface area (Å²) in [6, 6.07) is 9.95. The predicted octanol–water partition coefficient (Wildman–Crippen LogP) is 4.63. The Labute approximate surface area is 105 Å². The van der Waals surface area contributed by atoms with E-state index in [1.165, 1.54) is 25.7 Å². The average Bonchev–Trinajstić information content (AvgIpc) is 2.37. The van der Waals surface area contributed by atoms with Crippen molar-refractivity contribution in [3.63, 3.8) is 0 Å². The Kier molecular flexibility index (Phi) is 7.04. The number of carbonyl (C=O) groups excluding carboxylic acids is 1. The van der Waals surface area contributed by atoms with Crippen molar-refractivity contribution in [2.45, 2.75) is 45.4 Å². The average molecular weight is 230 g/mol. The predicted molar refractivity (Wildman–Crippen MR) is 73.9 cm³/mol. The van der Waals surface area contributed by atoms with E-state index < -0.39 is 0 Å². The van der Waals surface area contributed by atoms with Crippen LogP contribution in [0.5, 0.6) is 0 Å². The number of ketones is 1. The second-order valence-electron chi connectivity index (χ2n) is 4.37. The van der Waals surface area contributed by atoms with Gasteiger partial charge in [0.15, 0.2) is 5.78 Å². The van der Waals surface area contributed by atoms with Crippen LogP contribution >= 0.6 is 0 Å². The van der Waals surface area contributed by atoms with Gasteiger partial charge in [-0.25, -0.2) is 0 Å². The summed E-state index contributed by atoms with van der Waals surface area (Å²) in [5.74, 6) is 0.241. The second-order valence-corrected chi connectivity index (χ2v) is 4.37. The van der Waals surface area contributed by atoms with Crippen molar-refractivity contribution in [2.75, 3.05) is 0 Å². The van der Waals surface area contributed by atoms with E-state index in [0.29, 0.717) is 6.42 Å². The lowest BCUT2D eigenvalue weighted by Gasteiger charge is -1.97. The van der Waals surface area contributed by atoms with Crippen molar-refractivity contribution in [1.82, 2.24) is 0 Å². The Bertz CT molecular complexity index is 338. The molecule has 0 N–H and O–H groups in total. The van der Waals surface area contributed by atoms with E-state index in [1.807, 2.05) is 36.4 Å². The summed E-state index contributed by atoms with van der Waals surface area (Å²) in [6.45, 7) is 2.20. The lowest BCUT2D eigenvalue weighted by molar-refractivity contribution is -0.114. The highest BCUT2D eigenvalue weighted by Gasteiger charge is 1.96. The Balaban J connectivity index is 2.19. The minimum Gasteiger partial charge on any atom is -0.295 e. The Morgan fingerprint density at radius 2 is 1.76 bits per heavy atom. The van der Waals surface area contributed by atoms with Crippen molar-refractivity contribution in [3.8, 4) is 0 Å². The van der Waals surface area contributed by atoms with Gasteiger partial charge >= 0.3 is 0 Å². The first kappa shape index (κ1) is 13.7. The van der Waals surface area contributed by atoms with Gasteiger partial charge in [-0.3, -0.25) is 4.79 Å². The van der Waals surface area contributed by atoms with Gasteiger partial charge < -0.3 is 0 Å². The van der Waals surface area contributed by atoms with Crippen molar-refractivity contribution in [1.29, 1.82) is 0 Å². The number of carbonyl (C=O) groups is 1. The molecule has 0 unspecified atom stereocenters. The van der Waals surface area contributed by atoms with Crippen LogP contribution in [0.25, 0.3) is 6.08 Å². The van der Waals surface area contributed by atoms with Gasteiger partial charge in [0.2, 0.25) is 0 Å². The van der Waals surface area contributed by atoms with Crippen LogP contribution < -0.4 is 0 Å². The molecule has 1 aromatic rings. The van der Waals surface area contributed by atoms with Gasteiger partial charge in [-0.2, -0.15) is 0 Å². The molecule has 1 rings (SSSR count). The number of rotatable bonds is 8. The van der Waals surface area contributed by atoms with Crippen LogP contribution in [-0.2, 0) is 4.79 Å². The van der Waals surface area contributed by atoms with E-state index in [9.17, 15) is 4.79 Å². The van der Waals surface area contributed by atoms with Crippen LogP contribution in [0.15, 0.2) is 36.4 Å². The van der Waals surface area contributed by atoms with E-state index in [0.717, 1.165) is 12.0 Å². The molecule has 0 aliphatic heterocycles.